The highest BCUT2D eigenvalue weighted by Crippen LogP contribution is 2.41. The number of thiazole rings is 1. The van der Waals surface area contributed by atoms with Crippen LogP contribution in [-0.2, 0) is 4.79 Å². The molecule has 1 aromatic heterocycles. The molecule has 4 nitrogen and oxygen atoms in total. The number of carbonyl (C=O) groups is 1. The fourth-order valence-corrected chi connectivity index (χ4v) is 4.87. The number of nitrogens with zero attached hydrogens (tertiary/aromatic N) is 2. The minimum absolute atomic E-state index is 0.0309. The molecular weight excluding hydrogens is 294 g/mol. The van der Waals surface area contributed by atoms with Gasteiger partial charge >= 0.3 is 0 Å². The third-order valence-corrected chi connectivity index (χ3v) is 6.17. The second-order valence-electron chi connectivity index (χ2n) is 6.72. The van der Waals surface area contributed by atoms with Gasteiger partial charge in [0.05, 0.1) is 21.1 Å². The second-order valence-corrected chi connectivity index (χ2v) is 7.96. The van der Waals surface area contributed by atoms with Crippen LogP contribution in [0, 0.1) is 13.8 Å². The van der Waals surface area contributed by atoms with Crippen LogP contribution in [0.4, 0.5) is 0 Å². The molecule has 22 heavy (non-hydrogen) atoms. The van der Waals surface area contributed by atoms with Gasteiger partial charge in [-0.25, -0.2) is 4.98 Å². The van der Waals surface area contributed by atoms with E-state index in [0.717, 1.165) is 55.8 Å². The molecule has 1 amide bonds. The summed E-state index contributed by atoms with van der Waals surface area (Å²) in [5.41, 5.74) is 0.767. The third-order valence-electron chi connectivity index (χ3n) is 5.04. The monoisotopic (exact) mass is 321 g/mol. The third kappa shape index (κ3) is 2.69. The average molecular weight is 321 g/mol. The van der Waals surface area contributed by atoms with Gasteiger partial charge in [0.15, 0.2) is 0 Å². The summed E-state index contributed by atoms with van der Waals surface area (Å²) in [4.78, 5) is 21.0. The van der Waals surface area contributed by atoms with Crippen LogP contribution in [-0.4, -0.2) is 27.9 Å². The van der Waals surface area contributed by atoms with E-state index in [9.17, 15) is 4.79 Å². The van der Waals surface area contributed by atoms with E-state index in [4.69, 9.17) is 0 Å². The summed E-state index contributed by atoms with van der Waals surface area (Å²) in [5, 5.41) is 4.82. The van der Waals surface area contributed by atoms with Gasteiger partial charge in [-0.2, -0.15) is 0 Å². The topological polar surface area (TPSA) is 45.2 Å². The van der Waals surface area contributed by atoms with Crippen molar-refractivity contribution in [3.63, 3.8) is 0 Å². The molecule has 2 aliphatic rings. The lowest BCUT2D eigenvalue weighted by Gasteiger charge is -2.31. The van der Waals surface area contributed by atoms with E-state index in [1.165, 1.54) is 11.3 Å². The van der Waals surface area contributed by atoms with Gasteiger partial charge in [-0.3, -0.25) is 10.1 Å². The maximum Gasteiger partial charge on any atom is 0.244 e. The van der Waals surface area contributed by atoms with Gasteiger partial charge in [0.25, 0.3) is 0 Å². The first-order chi connectivity index (χ1) is 10.6. The van der Waals surface area contributed by atoms with Crippen molar-refractivity contribution in [3.8, 4) is 0 Å². The number of hydrogen-bond acceptors (Lipinski definition) is 4. The minimum atomic E-state index is -0.305. The normalized spacial score (nSPS) is 24.4. The van der Waals surface area contributed by atoms with E-state index in [1.807, 2.05) is 6.92 Å². The van der Waals surface area contributed by atoms with E-state index in [2.05, 4.69) is 29.0 Å². The van der Waals surface area contributed by atoms with E-state index < -0.39 is 0 Å². The lowest BCUT2D eigenvalue weighted by molar-refractivity contribution is -0.134. The summed E-state index contributed by atoms with van der Waals surface area (Å²) in [7, 11) is 0. The lowest BCUT2D eigenvalue weighted by Crippen LogP contribution is -2.48. The SMILES string of the molecule is CCCCN1C(=O)C2(CCCCC2)N[C@@H]1c1sc(C)nc1C. The molecule has 1 aliphatic heterocycles. The molecule has 1 N–H and O–H groups in total. The quantitative estimate of drug-likeness (QED) is 0.920. The molecule has 0 unspecified atom stereocenters. The van der Waals surface area contributed by atoms with Crippen molar-refractivity contribution in [2.24, 2.45) is 0 Å². The zero-order valence-electron chi connectivity index (χ0n) is 13.9. The molecule has 1 saturated carbocycles. The molecule has 2 heterocycles. The molecule has 2 fully saturated rings. The average Bonchev–Trinajstić information content (AvgIpc) is 2.97. The molecule has 3 rings (SSSR count). The van der Waals surface area contributed by atoms with Gasteiger partial charge in [-0.05, 0) is 33.1 Å². The Hall–Kier alpha value is -0.940. The Kier molecular flexibility index (Phi) is 4.55. The van der Waals surface area contributed by atoms with Crippen molar-refractivity contribution in [2.45, 2.75) is 77.4 Å². The van der Waals surface area contributed by atoms with Gasteiger partial charge in [-0.1, -0.05) is 32.6 Å². The zero-order valence-corrected chi connectivity index (χ0v) is 14.8. The smallest absolute Gasteiger partial charge is 0.244 e. The maximum atomic E-state index is 13.1. The molecule has 0 aromatic carbocycles. The van der Waals surface area contributed by atoms with Crippen LogP contribution in [0.2, 0.25) is 0 Å². The number of unbranched alkanes of at least 4 members (excludes halogenated alkanes) is 1. The summed E-state index contributed by atoms with van der Waals surface area (Å²) in [5.74, 6) is 0.330. The Bertz CT molecular complexity index is 548. The van der Waals surface area contributed by atoms with Gasteiger partial charge in [0.1, 0.15) is 6.17 Å². The van der Waals surface area contributed by atoms with Crippen LogP contribution in [0.25, 0.3) is 0 Å². The van der Waals surface area contributed by atoms with E-state index in [0.29, 0.717) is 5.91 Å². The first-order valence-electron chi connectivity index (χ1n) is 8.60. The predicted molar refractivity (Wildman–Crippen MR) is 89.9 cm³/mol. The van der Waals surface area contributed by atoms with Crippen LogP contribution >= 0.6 is 11.3 Å². The van der Waals surface area contributed by atoms with Crippen molar-refractivity contribution in [3.05, 3.63) is 15.6 Å². The van der Waals surface area contributed by atoms with Gasteiger partial charge < -0.3 is 4.90 Å². The summed E-state index contributed by atoms with van der Waals surface area (Å²) in [6, 6.07) is 0. The maximum absolute atomic E-state index is 13.1. The van der Waals surface area contributed by atoms with Crippen molar-refractivity contribution >= 4 is 17.2 Å². The largest absolute Gasteiger partial charge is 0.320 e. The standard InChI is InChI=1S/C17H27N3OS/c1-4-5-11-20-15(14-12(2)18-13(3)22-14)19-17(16(20)21)9-7-6-8-10-17/h15,19H,4-11H2,1-3H3/t15-/m0/s1. The van der Waals surface area contributed by atoms with Gasteiger partial charge in [-0.15, -0.1) is 11.3 Å². The number of amides is 1. The van der Waals surface area contributed by atoms with Crippen molar-refractivity contribution in [2.75, 3.05) is 6.54 Å². The van der Waals surface area contributed by atoms with E-state index in [-0.39, 0.29) is 11.7 Å². The van der Waals surface area contributed by atoms with Crippen molar-refractivity contribution < 1.29 is 4.79 Å². The summed E-state index contributed by atoms with van der Waals surface area (Å²) in [6.45, 7) is 7.14. The summed E-state index contributed by atoms with van der Waals surface area (Å²) in [6.07, 6.45) is 7.77. The number of hydrogen-bond donors (Lipinski definition) is 1. The minimum Gasteiger partial charge on any atom is -0.320 e. The van der Waals surface area contributed by atoms with Crippen LogP contribution in [0.15, 0.2) is 0 Å². The molecule has 1 aromatic rings. The highest BCUT2D eigenvalue weighted by molar-refractivity contribution is 7.11. The highest BCUT2D eigenvalue weighted by Gasteiger charge is 2.52. The number of aryl methyl sites for hydroxylation is 2. The Balaban J connectivity index is 1.92. The van der Waals surface area contributed by atoms with Crippen molar-refractivity contribution in [1.29, 1.82) is 0 Å². The van der Waals surface area contributed by atoms with Crippen LogP contribution in [0.5, 0.6) is 0 Å². The molecule has 1 aliphatic carbocycles. The zero-order chi connectivity index (χ0) is 15.7. The van der Waals surface area contributed by atoms with Crippen LogP contribution in [0.3, 0.4) is 0 Å². The fourth-order valence-electron chi connectivity index (χ4n) is 3.87. The first-order valence-corrected chi connectivity index (χ1v) is 9.42. The second kappa shape index (κ2) is 6.28. The molecule has 1 saturated heterocycles. The molecule has 1 atom stereocenters. The first kappa shape index (κ1) is 15.9. The summed E-state index contributed by atoms with van der Waals surface area (Å²) < 4.78 is 0. The van der Waals surface area contributed by atoms with Crippen LogP contribution < -0.4 is 5.32 Å². The molecule has 0 bridgehead atoms. The highest BCUT2D eigenvalue weighted by atomic mass is 32.1. The van der Waals surface area contributed by atoms with Crippen molar-refractivity contribution in [1.82, 2.24) is 15.2 Å². The number of aromatic nitrogens is 1. The predicted octanol–water partition coefficient (Wildman–Crippen LogP) is 3.69. The Labute approximate surface area is 137 Å². The Morgan fingerprint density at radius 3 is 2.64 bits per heavy atom. The van der Waals surface area contributed by atoms with Gasteiger partial charge in [0.2, 0.25) is 5.91 Å². The molecular formula is C17H27N3OS. The Morgan fingerprint density at radius 2 is 2.05 bits per heavy atom. The fraction of sp³-hybridized carbons (Fsp3) is 0.765. The van der Waals surface area contributed by atoms with Gasteiger partial charge in [0, 0.05) is 6.54 Å². The Morgan fingerprint density at radius 1 is 1.32 bits per heavy atom. The summed E-state index contributed by atoms with van der Waals surface area (Å²) >= 11 is 1.73. The van der Waals surface area contributed by atoms with E-state index >= 15 is 0 Å². The molecule has 5 heteroatoms. The number of nitrogens with one attached hydrogen (secondary N) is 1. The number of carbonyl (C=O) groups excluding carboxylic acids is 1. The molecule has 0 radical (unpaired) electrons. The molecule has 122 valence electrons. The molecule has 1 spiro atoms. The number of rotatable bonds is 4. The lowest BCUT2D eigenvalue weighted by atomic mass is 9.81. The van der Waals surface area contributed by atoms with E-state index in [1.54, 1.807) is 11.3 Å². The van der Waals surface area contributed by atoms with Crippen LogP contribution in [0.1, 0.15) is 73.6 Å².